The van der Waals surface area contributed by atoms with E-state index >= 15 is 0 Å². The Kier molecular flexibility index (Phi) is 4.34. The van der Waals surface area contributed by atoms with Gasteiger partial charge in [0.25, 0.3) is 0 Å². The van der Waals surface area contributed by atoms with Gasteiger partial charge in [0.05, 0.1) is 4.99 Å². The highest BCUT2D eigenvalue weighted by molar-refractivity contribution is 7.80. The quantitative estimate of drug-likeness (QED) is 0.849. The molecular formula is C16H20N2S2. The maximum atomic E-state index is 5.79. The summed E-state index contributed by atoms with van der Waals surface area (Å²) in [6, 6.07) is 9.28. The molecule has 1 aromatic carbocycles. The van der Waals surface area contributed by atoms with Gasteiger partial charge in [-0.05, 0) is 35.2 Å². The minimum atomic E-state index is 0.608. The molecule has 4 heteroatoms. The molecule has 0 bridgehead atoms. The Labute approximate surface area is 129 Å². The van der Waals surface area contributed by atoms with Crippen molar-refractivity contribution in [3.8, 4) is 0 Å². The molecule has 3 rings (SSSR count). The first-order chi connectivity index (χ1) is 9.74. The lowest BCUT2D eigenvalue weighted by molar-refractivity contribution is 0.220. The van der Waals surface area contributed by atoms with Crippen LogP contribution in [0.5, 0.6) is 0 Å². The molecule has 1 saturated carbocycles. The van der Waals surface area contributed by atoms with Crippen molar-refractivity contribution < 1.29 is 0 Å². The van der Waals surface area contributed by atoms with Crippen LogP contribution in [-0.2, 0) is 6.54 Å². The van der Waals surface area contributed by atoms with Crippen molar-refractivity contribution in [2.45, 2.75) is 38.3 Å². The monoisotopic (exact) mass is 304 g/mol. The molecule has 2 aromatic rings. The molecule has 0 unspecified atom stereocenters. The standard InChI is InChI=1S/C16H20N2S2/c17-16(19)10-18(13-5-1-2-6-13)9-12-11-20-15-8-4-3-7-14(12)15/h3-4,7-8,11,13H,1-2,5-6,9-10H2,(H2,17,19). The van der Waals surface area contributed by atoms with Gasteiger partial charge in [-0.15, -0.1) is 11.3 Å². The highest BCUT2D eigenvalue weighted by Crippen LogP contribution is 2.30. The summed E-state index contributed by atoms with van der Waals surface area (Å²) >= 11 is 6.96. The molecule has 106 valence electrons. The average molecular weight is 304 g/mol. The summed E-state index contributed by atoms with van der Waals surface area (Å²) in [5, 5.41) is 3.66. The second kappa shape index (κ2) is 6.20. The van der Waals surface area contributed by atoms with E-state index < -0.39 is 0 Å². The summed E-state index contributed by atoms with van der Waals surface area (Å²) in [4.78, 5) is 3.08. The number of nitrogens with two attached hydrogens (primary N) is 1. The average Bonchev–Trinajstić information content (AvgIpc) is 3.07. The first-order valence-electron chi connectivity index (χ1n) is 7.21. The van der Waals surface area contributed by atoms with Crippen LogP contribution in [-0.4, -0.2) is 22.5 Å². The minimum Gasteiger partial charge on any atom is -0.392 e. The number of thiophene rings is 1. The first-order valence-corrected chi connectivity index (χ1v) is 8.50. The zero-order valence-electron chi connectivity index (χ0n) is 11.5. The molecule has 0 atom stereocenters. The van der Waals surface area contributed by atoms with Crippen LogP contribution in [0.1, 0.15) is 31.2 Å². The lowest BCUT2D eigenvalue weighted by Gasteiger charge is -2.28. The molecule has 1 aliphatic carbocycles. The maximum absolute atomic E-state index is 5.79. The topological polar surface area (TPSA) is 29.3 Å². The van der Waals surface area contributed by atoms with Gasteiger partial charge in [0.1, 0.15) is 0 Å². The fourth-order valence-electron chi connectivity index (χ4n) is 3.16. The van der Waals surface area contributed by atoms with Gasteiger partial charge in [0.2, 0.25) is 0 Å². The van der Waals surface area contributed by atoms with Crippen LogP contribution in [0.2, 0.25) is 0 Å². The molecule has 0 aliphatic heterocycles. The van der Waals surface area contributed by atoms with E-state index in [0.29, 0.717) is 11.0 Å². The summed E-state index contributed by atoms with van der Waals surface area (Å²) < 4.78 is 1.36. The van der Waals surface area contributed by atoms with Gasteiger partial charge in [-0.1, -0.05) is 43.3 Å². The van der Waals surface area contributed by atoms with Gasteiger partial charge >= 0.3 is 0 Å². The molecule has 0 spiro atoms. The number of rotatable bonds is 5. The molecule has 2 nitrogen and oxygen atoms in total. The fraction of sp³-hybridized carbons (Fsp3) is 0.438. The van der Waals surface area contributed by atoms with E-state index in [2.05, 4.69) is 34.5 Å². The van der Waals surface area contributed by atoms with E-state index in [-0.39, 0.29) is 0 Å². The molecule has 20 heavy (non-hydrogen) atoms. The Hall–Kier alpha value is -0.970. The van der Waals surface area contributed by atoms with E-state index in [1.54, 1.807) is 0 Å². The number of hydrogen-bond donors (Lipinski definition) is 1. The predicted molar refractivity (Wildman–Crippen MR) is 91.3 cm³/mol. The zero-order chi connectivity index (χ0) is 13.9. The molecule has 1 aromatic heterocycles. The Morgan fingerprint density at radius 1 is 1.30 bits per heavy atom. The third-order valence-corrected chi connectivity index (χ3v) is 5.28. The van der Waals surface area contributed by atoms with Crippen molar-refractivity contribution in [1.82, 2.24) is 4.90 Å². The number of thiocarbonyl (C=S) groups is 1. The zero-order valence-corrected chi connectivity index (χ0v) is 13.2. The molecule has 1 aliphatic rings. The normalized spacial score (nSPS) is 16.2. The Balaban J connectivity index is 1.83. The number of benzene rings is 1. The predicted octanol–water partition coefficient (Wildman–Crippen LogP) is 3.93. The van der Waals surface area contributed by atoms with Crippen LogP contribution >= 0.6 is 23.6 Å². The number of hydrogen-bond acceptors (Lipinski definition) is 3. The van der Waals surface area contributed by atoms with Gasteiger partial charge in [0, 0.05) is 23.8 Å². The molecule has 0 saturated heterocycles. The molecular weight excluding hydrogens is 284 g/mol. The minimum absolute atomic E-state index is 0.608. The summed E-state index contributed by atoms with van der Waals surface area (Å²) in [5.74, 6) is 0. The largest absolute Gasteiger partial charge is 0.392 e. The van der Waals surface area contributed by atoms with E-state index in [0.717, 1.165) is 13.1 Å². The molecule has 1 heterocycles. The lowest BCUT2D eigenvalue weighted by Crippen LogP contribution is -2.38. The Morgan fingerprint density at radius 3 is 2.80 bits per heavy atom. The second-order valence-electron chi connectivity index (χ2n) is 5.57. The van der Waals surface area contributed by atoms with Crippen molar-refractivity contribution in [2.75, 3.05) is 6.54 Å². The van der Waals surface area contributed by atoms with Crippen LogP contribution < -0.4 is 5.73 Å². The van der Waals surface area contributed by atoms with Crippen molar-refractivity contribution in [2.24, 2.45) is 5.73 Å². The number of nitrogens with zero attached hydrogens (tertiary/aromatic N) is 1. The van der Waals surface area contributed by atoms with Gasteiger partial charge in [-0.3, -0.25) is 4.90 Å². The summed E-state index contributed by atoms with van der Waals surface area (Å²) in [6.07, 6.45) is 5.24. The van der Waals surface area contributed by atoms with Crippen LogP contribution in [0.25, 0.3) is 10.1 Å². The van der Waals surface area contributed by atoms with E-state index in [1.807, 2.05) is 11.3 Å². The highest BCUT2D eigenvalue weighted by Gasteiger charge is 2.23. The third-order valence-electron chi connectivity index (χ3n) is 4.13. The first kappa shape index (κ1) is 14.0. The molecule has 1 fully saturated rings. The van der Waals surface area contributed by atoms with Crippen molar-refractivity contribution in [3.63, 3.8) is 0 Å². The smallest absolute Gasteiger partial charge is 0.0870 e. The van der Waals surface area contributed by atoms with Crippen LogP contribution in [0, 0.1) is 0 Å². The SMILES string of the molecule is NC(=S)CN(Cc1csc2ccccc12)C1CCCC1. The molecule has 0 amide bonds. The van der Waals surface area contributed by atoms with Gasteiger partial charge < -0.3 is 5.73 Å². The van der Waals surface area contributed by atoms with Crippen molar-refractivity contribution in [3.05, 3.63) is 35.2 Å². The third kappa shape index (κ3) is 3.03. The van der Waals surface area contributed by atoms with Crippen LogP contribution in [0.4, 0.5) is 0 Å². The lowest BCUT2D eigenvalue weighted by atomic mass is 10.1. The van der Waals surface area contributed by atoms with E-state index in [9.17, 15) is 0 Å². The van der Waals surface area contributed by atoms with E-state index in [4.69, 9.17) is 18.0 Å². The van der Waals surface area contributed by atoms with E-state index in [1.165, 1.54) is 41.3 Å². The second-order valence-corrected chi connectivity index (χ2v) is 7.00. The highest BCUT2D eigenvalue weighted by atomic mass is 32.1. The van der Waals surface area contributed by atoms with Crippen LogP contribution in [0.15, 0.2) is 29.6 Å². The number of fused-ring (bicyclic) bond motifs is 1. The molecule has 0 radical (unpaired) electrons. The van der Waals surface area contributed by atoms with Crippen molar-refractivity contribution in [1.29, 1.82) is 0 Å². The molecule has 2 N–H and O–H groups in total. The van der Waals surface area contributed by atoms with Gasteiger partial charge in [-0.25, -0.2) is 0 Å². The fourth-order valence-corrected chi connectivity index (χ4v) is 4.28. The van der Waals surface area contributed by atoms with Gasteiger partial charge in [-0.2, -0.15) is 0 Å². The van der Waals surface area contributed by atoms with Crippen LogP contribution in [0.3, 0.4) is 0 Å². The van der Waals surface area contributed by atoms with Gasteiger partial charge in [0.15, 0.2) is 0 Å². The summed E-state index contributed by atoms with van der Waals surface area (Å²) in [5.41, 5.74) is 7.21. The van der Waals surface area contributed by atoms with Crippen molar-refractivity contribution >= 4 is 38.6 Å². The summed E-state index contributed by atoms with van der Waals surface area (Å²) in [7, 11) is 0. The maximum Gasteiger partial charge on any atom is 0.0870 e. The summed E-state index contributed by atoms with van der Waals surface area (Å²) in [6.45, 7) is 1.70. The Bertz CT molecular complexity index is 599. The Morgan fingerprint density at radius 2 is 2.05 bits per heavy atom.